The maximum absolute atomic E-state index is 12.5. The largest absolute Gasteiger partial charge is 0.457 e. The van der Waals surface area contributed by atoms with Crippen molar-refractivity contribution in [2.45, 2.75) is 18.2 Å². The van der Waals surface area contributed by atoms with E-state index in [1.165, 1.54) is 6.07 Å². The first-order chi connectivity index (χ1) is 15.3. The van der Waals surface area contributed by atoms with Gasteiger partial charge >= 0.3 is 5.97 Å². The number of furan rings is 1. The van der Waals surface area contributed by atoms with Gasteiger partial charge in [-0.15, -0.1) is 0 Å². The third kappa shape index (κ3) is 4.56. The van der Waals surface area contributed by atoms with E-state index in [4.69, 9.17) is 9.15 Å². The maximum Gasteiger partial charge on any atom is 0.307 e. The Hall–Kier alpha value is -3.49. The summed E-state index contributed by atoms with van der Waals surface area (Å²) in [6.45, 7) is 1.14. The standard InChI is InChI=1S/C24H21NO6S/c1-16-20-8-4-5-9-22(20)31-24(16)21(26)15-30-23(27)12-13-25-32(28,29)19-11-10-17-6-2-3-7-18(17)14-19/h2-11,14,25H,12-13,15H2,1H3. The van der Waals surface area contributed by atoms with Crippen LogP contribution >= 0.6 is 0 Å². The van der Waals surface area contributed by atoms with Crippen LogP contribution in [0.4, 0.5) is 0 Å². The molecule has 164 valence electrons. The Morgan fingerprint density at radius 1 is 0.969 bits per heavy atom. The van der Waals surface area contributed by atoms with Crippen molar-refractivity contribution in [2.24, 2.45) is 0 Å². The number of carbonyl (C=O) groups excluding carboxylic acids is 2. The van der Waals surface area contributed by atoms with Gasteiger partial charge in [-0.3, -0.25) is 9.59 Å². The Morgan fingerprint density at radius 3 is 2.47 bits per heavy atom. The van der Waals surface area contributed by atoms with Crippen LogP contribution in [-0.4, -0.2) is 33.3 Å². The molecule has 4 aromatic rings. The number of Topliss-reactive ketones (excluding diaryl/α,β-unsaturated/α-hetero) is 1. The minimum absolute atomic E-state index is 0.111. The number of hydrogen-bond acceptors (Lipinski definition) is 6. The smallest absolute Gasteiger partial charge is 0.307 e. The fourth-order valence-electron chi connectivity index (χ4n) is 3.43. The molecule has 8 heteroatoms. The van der Waals surface area contributed by atoms with Gasteiger partial charge in [-0.2, -0.15) is 0 Å². The molecule has 0 bridgehead atoms. The Balaban J connectivity index is 1.30. The van der Waals surface area contributed by atoms with E-state index in [1.54, 1.807) is 31.2 Å². The average molecular weight is 452 g/mol. The summed E-state index contributed by atoms with van der Waals surface area (Å²) in [5.41, 5.74) is 1.27. The highest BCUT2D eigenvalue weighted by atomic mass is 32.2. The summed E-state index contributed by atoms with van der Waals surface area (Å²) in [5, 5.41) is 2.55. The predicted molar refractivity (Wildman–Crippen MR) is 120 cm³/mol. The molecular formula is C24H21NO6S. The summed E-state index contributed by atoms with van der Waals surface area (Å²) in [5.74, 6) is -0.992. The fourth-order valence-corrected chi connectivity index (χ4v) is 4.50. The molecule has 0 saturated heterocycles. The van der Waals surface area contributed by atoms with Gasteiger partial charge in [0.25, 0.3) is 0 Å². The molecule has 0 aliphatic rings. The van der Waals surface area contributed by atoms with Crippen LogP contribution in [0.25, 0.3) is 21.7 Å². The molecule has 1 aromatic heterocycles. The number of para-hydroxylation sites is 1. The Kier molecular flexibility index (Phi) is 6.07. The highest BCUT2D eigenvalue weighted by Crippen LogP contribution is 2.25. The second-order valence-corrected chi connectivity index (χ2v) is 9.06. The van der Waals surface area contributed by atoms with Crippen molar-refractivity contribution >= 4 is 43.5 Å². The number of hydrogen-bond donors (Lipinski definition) is 1. The molecule has 0 saturated carbocycles. The van der Waals surface area contributed by atoms with E-state index in [-0.39, 0.29) is 23.6 Å². The van der Waals surface area contributed by atoms with Crippen LogP contribution in [0.15, 0.2) is 76.0 Å². The first-order valence-electron chi connectivity index (χ1n) is 10.0. The minimum Gasteiger partial charge on any atom is -0.457 e. The van der Waals surface area contributed by atoms with Gasteiger partial charge in [0.05, 0.1) is 11.3 Å². The summed E-state index contributed by atoms with van der Waals surface area (Å²) in [6.07, 6.45) is -0.209. The first kappa shape index (κ1) is 21.7. The van der Waals surface area contributed by atoms with Crippen molar-refractivity contribution in [3.05, 3.63) is 78.1 Å². The zero-order chi connectivity index (χ0) is 22.7. The molecule has 4 rings (SSSR count). The second kappa shape index (κ2) is 8.94. The van der Waals surface area contributed by atoms with Crippen LogP contribution in [-0.2, 0) is 19.6 Å². The zero-order valence-electron chi connectivity index (χ0n) is 17.3. The average Bonchev–Trinajstić information content (AvgIpc) is 3.14. The van der Waals surface area contributed by atoms with E-state index < -0.39 is 28.4 Å². The number of carbonyl (C=O) groups is 2. The van der Waals surface area contributed by atoms with Gasteiger partial charge in [-0.25, -0.2) is 13.1 Å². The Bertz CT molecular complexity index is 1420. The van der Waals surface area contributed by atoms with Crippen LogP contribution in [0.1, 0.15) is 22.5 Å². The summed E-state index contributed by atoms with van der Waals surface area (Å²) < 4.78 is 38.0. The molecule has 0 amide bonds. The van der Waals surface area contributed by atoms with Crippen LogP contribution in [0.2, 0.25) is 0 Å². The summed E-state index contributed by atoms with van der Waals surface area (Å²) in [6, 6.07) is 19.5. The van der Waals surface area contributed by atoms with Crippen LogP contribution in [0.5, 0.6) is 0 Å². The van der Waals surface area contributed by atoms with Crippen molar-refractivity contribution in [3.63, 3.8) is 0 Å². The van der Waals surface area contributed by atoms with E-state index in [0.717, 1.165) is 16.2 Å². The maximum atomic E-state index is 12.5. The number of ketones is 1. The topological polar surface area (TPSA) is 103 Å². The van der Waals surface area contributed by atoms with Gasteiger partial charge in [0.1, 0.15) is 5.58 Å². The molecule has 0 unspecified atom stereocenters. The van der Waals surface area contributed by atoms with Crippen LogP contribution < -0.4 is 4.72 Å². The molecule has 0 fully saturated rings. The van der Waals surface area contributed by atoms with Crippen LogP contribution in [0.3, 0.4) is 0 Å². The Morgan fingerprint density at radius 2 is 1.69 bits per heavy atom. The van der Waals surface area contributed by atoms with Crippen molar-refractivity contribution in [3.8, 4) is 0 Å². The SMILES string of the molecule is Cc1c(C(=O)COC(=O)CCNS(=O)(=O)c2ccc3ccccc3c2)oc2ccccc12. The molecule has 0 spiro atoms. The quantitative estimate of drug-likeness (QED) is 0.321. The highest BCUT2D eigenvalue weighted by molar-refractivity contribution is 7.89. The molecule has 3 aromatic carbocycles. The predicted octanol–water partition coefficient (Wildman–Crippen LogP) is 3.99. The molecule has 1 heterocycles. The number of benzene rings is 3. The molecule has 1 N–H and O–H groups in total. The number of ether oxygens (including phenoxy) is 1. The number of fused-ring (bicyclic) bond motifs is 2. The minimum atomic E-state index is -3.78. The number of nitrogens with one attached hydrogen (secondary N) is 1. The molecule has 7 nitrogen and oxygen atoms in total. The first-order valence-corrected chi connectivity index (χ1v) is 11.5. The third-order valence-electron chi connectivity index (χ3n) is 5.11. The van der Waals surface area contributed by atoms with Crippen molar-refractivity contribution in [1.29, 1.82) is 0 Å². The summed E-state index contributed by atoms with van der Waals surface area (Å²) in [7, 11) is -3.78. The van der Waals surface area contributed by atoms with Gasteiger partial charge in [-0.05, 0) is 35.9 Å². The Labute approximate surface area is 185 Å². The number of rotatable bonds is 8. The third-order valence-corrected chi connectivity index (χ3v) is 6.57. The van der Waals surface area contributed by atoms with Crippen LogP contribution in [0, 0.1) is 6.92 Å². The highest BCUT2D eigenvalue weighted by Gasteiger charge is 2.19. The fraction of sp³-hybridized carbons (Fsp3) is 0.167. The molecule has 32 heavy (non-hydrogen) atoms. The normalized spacial score (nSPS) is 11.7. The monoisotopic (exact) mass is 451 g/mol. The van der Waals surface area contributed by atoms with Gasteiger partial charge < -0.3 is 9.15 Å². The lowest BCUT2D eigenvalue weighted by molar-refractivity contribution is -0.142. The van der Waals surface area contributed by atoms with E-state index in [0.29, 0.717) is 11.1 Å². The number of esters is 1. The van der Waals surface area contributed by atoms with Crippen molar-refractivity contribution < 1.29 is 27.2 Å². The second-order valence-electron chi connectivity index (χ2n) is 7.29. The molecular weight excluding hydrogens is 430 g/mol. The molecule has 0 aliphatic heterocycles. The van der Waals surface area contributed by atoms with Gasteiger partial charge in [0, 0.05) is 17.5 Å². The van der Waals surface area contributed by atoms with Gasteiger partial charge in [0.15, 0.2) is 12.4 Å². The van der Waals surface area contributed by atoms with E-state index >= 15 is 0 Å². The van der Waals surface area contributed by atoms with E-state index in [2.05, 4.69) is 4.72 Å². The summed E-state index contributed by atoms with van der Waals surface area (Å²) >= 11 is 0. The summed E-state index contributed by atoms with van der Waals surface area (Å²) in [4.78, 5) is 24.5. The number of sulfonamides is 1. The lowest BCUT2D eigenvalue weighted by Crippen LogP contribution is -2.27. The van der Waals surface area contributed by atoms with Gasteiger partial charge in [0.2, 0.25) is 15.8 Å². The van der Waals surface area contributed by atoms with Gasteiger partial charge in [-0.1, -0.05) is 48.5 Å². The van der Waals surface area contributed by atoms with E-state index in [9.17, 15) is 18.0 Å². The zero-order valence-corrected chi connectivity index (χ0v) is 18.1. The molecule has 0 atom stereocenters. The molecule has 0 aliphatic carbocycles. The van der Waals surface area contributed by atoms with Crippen molar-refractivity contribution in [2.75, 3.05) is 13.2 Å². The lowest BCUT2D eigenvalue weighted by Gasteiger charge is -2.08. The number of aryl methyl sites for hydroxylation is 1. The van der Waals surface area contributed by atoms with E-state index in [1.807, 2.05) is 36.4 Å². The lowest BCUT2D eigenvalue weighted by atomic mass is 10.1. The van der Waals surface area contributed by atoms with Crippen molar-refractivity contribution in [1.82, 2.24) is 4.72 Å². The molecule has 0 radical (unpaired) electrons.